The number of anilines is 1. The van der Waals surface area contributed by atoms with E-state index in [0.29, 0.717) is 49.4 Å². The van der Waals surface area contributed by atoms with Crippen LogP contribution in [0.1, 0.15) is 62.7 Å². The van der Waals surface area contributed by atoms with E-state index < -0.39 is 0 Å². The molecule has 0 aliphatic carbocycles. The maximum atomic E-state index is 13.2. The average Bonchev–Trinajstić information content (AvgIpc) is 2.75. The van der Waals surface area contributed by atoms with Gasteiger partial charge in [-0.15, -0.1) is 0 Å². The van der Waals surface area contributed by atoms with Gasteiger partial charge in [-0.25, -0.2) is 0 Å². The highest BCUT2D eigenvalue weighted by Gasteiger charge is 2.39. The highest BCUT2D eigenvalue weighted by molar-refractivity contribution is 5.99. The van der Waals surface area contributed by atoms with Gasteiger partial charge in [0.05, 0.1) is 24.1 Å². The van der Waals surface area contributed by atoms with E-state index in [9.17, 15) is 14.4 Å². The third-order valence-corrected chi connectivity index (χ3v) is 5.76. The molecule has 2 aliphatic rings. The van der Waals surface area contributed by atoms with Crippen LogP contribution in [0.3, 0.4) is 0 Å². The Morgan fingerprint density at radius 1 is 1.16 bits per heavy atom. The van der Waals surface area contributed by atoms with Crippen LogP contribution >= 0.6 is 0 Å². The number of amides is 3. The lowest BCUT2D eigenvalue weighted by molar-refractivity contribution is -0.134. The fourth-order valence-electron chi connectivity index (χ4n) is 4.10. The molecule has 1 aromatic carbocycles. The minimum Gasteiger partial charge on any atom is -0.490 e. The molecule has 1 aromatic rings. The summed E-state index contributed by atoms with van der Waals surface area (Å²) in [5.74, 6) is 0.212. The second-order valence-electron chi connectivity index (χ2n) is 8.23. The quantitative estimate of drug-likeness (QED) is 0.692. The van der Waals surface area contributed by atoms with Gasteiger partial charge in [0.2, 0.25) is 11.8 Å². The number of nitrogens with zero attached hydrogens (tertiary/aromatic N) is 1. The zero-order valence-electron chi connectivity index (χ0n) is 18.6. The summed E-state index contributed by atoms with van der Waals surface area (Å²) in [4.78, 5) is 38.9. The first-order valence-electron chi connectivity index (χ1n) is 11.2. The Bertz CT molecular complexity index is 812. The Hall–Kier alpha value is -2.61. The molecular weight excluding hydrogens is 398 g/mol. The molecule has 8 heteroatoms. The molecule has 1 saturated heterocycles. The average molecular weight is 432 g/mol. The highest BCUT2D eigenvalue weighted by Crippen LogP contribution is 2.32. The van der Waals surface area contributed by atoms with Crippen molar-refractivity contribution in [1.82, 2.24) is 10.2 Å². The van der Waals surface area contributed by atoms with Gasteiger partial charge < -0.3 is 25.0 Å². The third kappa shape index (κ3) is 5.76. The lowest BCUT2D eigenvalue weighted by Gasteiger charge is -2.42. The molecular formula is C23H33N3O5. The molecule has 0 spiro atoms. The van der Waals surface area contributed by atoms with Crippen molar-refractivity contribution in [1.29, 1.82) is 0 Å². The van der Waals surface area contributed by atoms with Gasteiger partial charge in [-0.05, 0) is 43.9 Å². The molecule has 3 rings (SSSR count). The predicted octanol–water partition coefficient (Wildman–Crippen LogP) is 2.72. The Kier molecular flexibility index (Phi) is 7.90. The second kappa shape index (κ2) is 10.6. The molecule has 0 bridgehead atoms. The molecule has 8 nitrogen and oxygen atoms in total. The van der Waals surface area contributed by atoms with Gasteiger partial charge in [0.25, 0.3) is 5.91 Å². The van der Waals surface area contributed by atoms with Crippen LogP contribution in [0.2, 0.25) is 0 Å². The number of hydrogen-bond acceptors (Lipinski definition) is 5. The number of rotatable bonds is 7. The summed E-state index contributed by atoms with van der Waals surface area (Å²) in [6, 6.07) is 4.99. The van der Waals surface area contributed by atoms with Gasteiger partial charge in [-0.3, -0.25) is 14.4 Å². The molecule has 2 heterocycles. The van der Waals surface area contributed by atoms with Crippen LogP contribution in [0.15, 0.2) is 18.2 Å². The van der Waals surface area contributed by atoms with E-state index in [0.717, 1.165) is 19.3 Å². The lowest BCUT2D eigenvalue weighted by atomic mass is 9.94. The monoisotopic (exact) mass is 431 g/mol. The van der Waals surface area contributed by atoms with Gasteiger partial charge in [0.15, 0.2) is 0 Å². The predicted molar refractivity (Wildman–Crippen MR) is 117 cm³/mol. The maximum absolute atomic E-state index is 13.2. The summed E-state index contributed by atoms with van der Waals surface area (Å²) in [5.41, 5.74) is 1.01. The van der Waals surface area contributed by atoms with Crippen LogP contribution < -0.4 is 15.4 Å². The topological polar surface area (TPSA) is 97.0 Å². The molecule has 0 aromatic heterocycles. The van der Waals surface area contributed by atoms with Crippen molar-refractivity contribution >= 4 is 23.4 Å². The van der Waals surface area contributed by atoms with Gasteiger partial charge in [-0.1, -0.05) is 13.8 Å². The first-order valence-corrected chi connectivity index (χ1v) is 11.2. The number of nitrogens with one attached hydrogen (secondary N) is 2. The van der Waals surface area contributed by atoms with Crippen LogP contribution in [0.25, 0.3) is 0 Å². The first-order chi connectivity index (χ1) is 14.9. The third-order valence-electron chi connectivity index (χ3n) is 5.76. The largest absolute Gasteiger partial charge is 0.490 e. The van der Waals surface area contributed by atoms with Gasteiger partial charge in [-0.2, -0.15) is 0 Å². The summed E-state index contributed by atoms with van der Waals surface area (Å²) < 4.78 is 12.1. The molecule has 3 amide bonds. The Labute approximate surface area is 183 Å². The molecule has 2 N–H and O–H groups in total. The van der Waals surface area contributed by atoms with E-state index in [2.05, 4.69) is 10.6 Å². The minimum atomic E-state index is -0.302. The van der Waals surface area contributed by atoms with Crippen LogP contribution in [-0.4, -0.2) is 61.1 Å². The normalized spacial score (nSPS) is 23.0. The van der Waals surface area contributed by atoms with E-state index in [1.54, 1.807) is 30.1 Å². The minimum absolute atomic E-state index is 0.00973. The zero-order valence-corrected chi connectivity index (χ0v) is 18.6. The van der Waals surface area contributed by atoms with E-state index in [1.807, 2.05) is 13.8 Å². The van der Waals surface area contributed by atoms with E-state index in [-0.39, 0.29) is 36.0 Å². The number of hydrogen-bond donors (Lipinski definition) is 2. The number of benzene rings is 1. The summed E-state index contributed by atoms with van der Waals surface area (Å²) in [5, 5.41) is 5.72. The van der Waals surface area contributed by atoms with Crippen molar-refractivity contribution in [3.8, 4) is 5.75 Å². The van der Waals surface area contributed by atoms with E-state index >= 15 is 0 Å². The summed E-state index contributed by atoms with van der Waals surface area (Å²) >= 11 is 0. The molecule has 2 aliphatic heterocycles. The molecule has 31 heavy (non-hydrogen) atoms. The number of carbonyl (C=O) groups excluding carboxylic acids is 3. The number of carbonyl (C=O) groups is 3. The van der Waals surface area contributed by atoms with Crippen molar-refractivity contribution in [2.24, 2.45) is 0 Å². The summed E-state index contributed by atoms with van der Waals surface area (Å²) in [6.45, 7) is 4.91. The fourth-order valence-corrected chi connectivity index (χ4v) is 4.10. The van der Waals surface area contributed by atoms with Crippen molar-refractivity contribution in [2.45, 2.75) is 70.6 Å². The highest BCUT2D eigenvalue weighted by atomic mass is 16.5. The lowest BCUT2D eigenvalue weighted by Crippen LogP contribution is -2.54. The number of fused-ring (bicyclic) bond motifs is 2. The van der Waals surface area contributed by atoms with Crippen molar-refractivity contribution < 1.29 is 23.9 Å². The SMILES string of the molecule is CCCNC(=O)C[C@H]1CC[C@@H]2[C@@H](COc3ccc(NC(=O)CCC)cc3C(=O)N2C)O1. The standard InChI is InChI=1S/C23H33N3O5/c1-4-6-21(27)25-15-7-10-19-17(12-15)23(29)26(3)18-9-8-16(31-20(18)14-30-19)13-22(28)24-11-5-2/h7,10,12,16,18,20H,4-6,8-9,11,13-14H2,1-3H3,(H,24,28)(H,25,27)/t16-,18-,20-/m1/s1. The van der Waals surface area contributed by atoms with Gasteiger partial charge in [0, 0.05) is 25.7 Å². The maximum Gasteiger partial charge on any atom is 0.257 e. The second-order valence-corrected chi connectivity index (χ2v) is 8.23. The van der Waals surface area contributed by atoms with Crippen LogP contribution in [0, 0.1) is 0 Å². The first kappa shape index (κ1) is 23.1. The number of ether oxygens (including phenoxy) is 2. The summed E-state index contributed by atoms with van der Waals surface area (Å²) in [7, 11) is 1.77. The van der Waals surface area contributed by atoms with Gasteiger partial charge in [0.1, 0.15) is 18.5 Å². The Morgan fingerprint density at radius 2 is 1.97 bits per heavy atom. The smallest absolute Gasteiger partial charge is 0.257 e. The molecule has 0 saturated carbocycles. The molecule has 0 unspecified atom stereocenters. The molecule has 1 fully saturated rings. The number of likely N-dealkylation sites (N-methyl/N-ethyl adjacent to an activating group) is 1. The van der Waals surface area contributed by atoms with Crippen LogP contribution in [0.4, 0.5) is 5.69 Å². The van der Waals surface area contributed by atoms with Gasteiger partial charge >= 0.3 is 0 Å². The van der Waals surface area contributed by atoms with Crippen LogP contribution in [-0.2, 0) is 14.3 Å². The van der Waals surface area contributed by atoms with E-state index in [1.165, 1.54) is 0 Å². The summed E-state index contributed by atoms with van der Waals surface area (Å²) in [6.07, 6.45) is 3.36. The molecule has 3 atom stereocenters. The van der Waals surface area contributed by atoms with E-state index in [4.69, 9.17) is 9.47 Å². The Balaban J connectivity index is 1.71. The van der Waals surface area contributed by atoms with Crippen molar-refractivity contribution in [3.63, 3.8) is 0 Å². The molecule has 170 valence electrons. The van der Waals surface area contributed by atoms with Crippen molar-refractivity contribution in [2.75, 3.05) is 25.5 Å². The zero-order chi connectivity index (χ0) is 22.4. The Morgan fingerprint density at radius 3 is 2.71 bits per heavy atom. The fraction of sp³-hybridized carbons (Fsp3) is 0.609. The van der Waals surface area contributed by atoms with Crippen LogP contribution in [0.5, 0.6) is 5.75 Å². The molecule has 0 radical (unpaired) electrons. The van der Waals surface area contributed by atoms with Crippen molar-refractivity contribution in [3.05, 3.63) is 23.8 Å².